The maximum Gasteiger partial charge on any atom is 0.336 e. The van der Waals surface area contributed by atoms with Crippen LogP contribution in [0.25, 0.3) is 22.1 Å². The number of benzene rings is 1. The average molecular weight is 466 g/mol. The number of hydrogen-bond acceptors (Lipinski definition) is 7. The van der Waals surface area contributed by atoms with Crippen LogP contribution in [0.1, 0.15) is 24.8 Å². The molecule has 0 spiro atoms. The number of hydrogen-bond donors (Lipinski definition) is 2. The molecule has 0 atom stereocenters. The SMILES string of the molecule is Cc1cc(=O)oc2cc(Sc3nc4c([nH]3)c(N)nc[n+]4CCC3CCN(C=O)CC3)ccc12. The predicted octanol–water partition coefficient (Wildman–Crippen LogP) is 2.65. The number of H-pyrrole nitrogens is 1. The molecule has 1 fully saturated rings. The molecule has 5 rings (SSSR count). The lowest BCUT2D eigenvalue weighted by Crippen LogP contribution is -2.38. The number of aryl methyl sites for hydroxylation is 2. The smallest absolute Gasteiger partial charge is 0.336 e. The van der Waals surface area contributed by atoms with Gasteiger partial charge >= 0.3 is 5.63 Å². The van der Waals surface area contributed by atoms with E-state index in [0.29, 0.717) is 28.0 Å². The van der Waals surface area contributed by atoms with Gasteiger partial charge in [-0.25, -0.2) is 9.36 Å². The van der Waals surface area contributed by atoms with Gasteiger partial charge in [0, 0.05) is 29.4 Å². The van der Waals surface area contributed by atoms with E-state index in [1.165, 1.54) is 17.8 Å². The molecule has 10 heteroatoms. The summed E-state index contributed by atoms with van der Waals surface area (Å²) in [7, 11) is 0. The topological polar surface area (TPSA) is 122 Å². The van der Waals surface area contributed by atoms with E-state index in [-0.39, 0.29) is 5.63 Å². The lowest BCUT2D eigenvalue weighted by Gasteiger charge is -2.28. The van der Waals surface area contributed by atoms with Crippen molar-refractivity contribution in [2.45, 2.75) is 42.8 Å². The summed E-state index contributed by atoms with van der Waals surface area (Å²) in [6.07, 6.45) is 5.71. The Labute approximate surface area is 194 Å². The van der Waals surface area contributed by atoms with E-state index in [9.17, 15) is 9.59 Å². The number of aromatic nitrogens is 4. The first kappa shape index (κ1) is 21.4. The summed E-state index contributed by atoms with van der Waals surface area (Å²) >= 11 is 1.44. The number of anilines is 1. The van der Waals surface area contributed by atoms with Gasteiger partial charge < -0.3 is 20.0 Å². The van der Waals surface area contributed by atoms with Crippen molar-refractivity contribution in [3.63, 3.8) is 0 Å². The van der Waals surface area contributed by atoms with Crippen LogP contribution in [0.15, 0.2) is 49.9 Å². The van der Waals surface area contributed by atoms with Gasteiger partial charge in [0.05, 0.1) is 6.54 Å². The van der Waals surface area contributed by atoms with Gasteiger partial charge in [-0.3, -0.25) is 4.79 Å². The van der Waals surface area contributed by atoms with Crippen molar-refractivity contribution >= 4 is 46.1 Å². The Hall–Kier alpha value is -3.40. The Morgan fingerprint density at radius 3 is 2.94 bits per heavy atom. The number of carbonyl (C=O) groups excluding carboxylic acids is 1. The monoisotopic (exact) mass is 465 g/mol. The van der Waals surface area contributed by atoms with Crippen molar-refractivity contribution in [1.29, 1.82) is 0 Å². The van der Waals surface area contributed by atoms with Gasteiger partial charge in [0.2, 0.25) is 23.7 Å². The van der Waals surface area contributed by atoms with Crippen molar-refractivity contribution in [2.75, 3.05) is 18.8 Å². The Bertz CT molecular complexity index is 1390. The Kier molecular flexibility index (Phi) is 5.76. The van der Waals surface area contributed by atoms with Crippen molar-refractivity contribution < 1.29 is 13.8 Å². The van der Waals surface area contributed by atoms with Gasteiger partial charge in [-0.05, 0) is 67.6 Å². The number of amides is 1. The summed E-state index contributed by atoms with van der Waals surface area (Å²) in [6, 6.07) is 7.27. The van der Waals surface area contributed by atoms with Crippen molar-refractivity contribution in [2.24, 2.45) is 5.92 Å². The highest BCUT2D eigenvalue weighted by Gasteiger charge is 2.22. The number of imidazole rings is 1. The molecule has 9 nitrogen and oxygen atoms in total. The number of carbonyl (C=O) groups is 1. The number of nitrogens with two attached hydrogens (primary N) is 1. The highest BCUT2D eigenvalue weighted by atomic mass is 32.2. The van der Waals surface area contributed by atoms with Crippen LogP contribution in [-0.2, 0) is 11.3 Å². The minimum absolute atomic E-state index is 0.359. The highest BCUT2D eigenvalue weighted by Crippen LogP contribution is 2.30. The predicted molar refractivity (Wildman–Crippen MR) is 125 cm³/mol. The van der Waals surface area contributed by atoms with Gasteiger partial charge in [0.25, 0.3) is 5.65 Å². The van der Waals surface area contributed by atoms with Crippen molar-refractivity contribution in [3.05, 3.63) is 46.6 Å². The number of nitrogen functional groups attached to an aromatic ring is 1. The summed E-state index contributed by atoms with van der Waals surface area (Å²) in [6.45, 7) is 4.32. The number of rotatable bonds is 6. The molecule has 0 bridgehead atoms. The maximum absolute atomic E-state index is 11.7. The zero-order valence-corrected chi connectivity index (χ0v) is 19.1. The second-order valence-corrected chi connectivity index (χ2v) is 9.51. The first-order chi connectivity index (χ1) is 16.0. The summed E-state index contributed by atoms with van der Waals surface area (Å²) in [5, 5.41) is 1.60. The first-order valence-electron chi connectivity index (χ1n) is 11.0. The summed E-state index contributed by atoms with van der Waals surface area (Å²) in [4.78, 5) is 37.8. The van der Waals surface area contributed by atoms with Gasteiger partial charge in [0.1, 0.15) is 5.58 Å². The van der Waals surface area contributed by atoms with Crippen LogP contribution in [0.5, 0.6) is 0 Å². The number of likely N-dealkylation sites (tertiary alicyclic amines) is 1. The van der Waals surface area contributed by atoms with Crippen molar-refractivity contribution in [1.82, 2.24) is 19.9 Å². The van der Waals surface area contributed by atoms with Crippen LogP contribution in [0.2, 0.25) is 0 Å². The fourth-order valence-electron chi connectivity index (χ4n) is 4.34. The molecule has 1 aliphatic heterocycles. The minimum Gasteiger partial charge on any atom is -0.423 e. The Balaban J connectivity index is 1.37. The van der Waals surface area contributed by atoms with E-state index in [2.05, 4.69) is 9.97 Å². The molecule has 1 aliphatic rings. The molecule has 0 unspecified atom stereocenters. The molecule has 4 heterocycles. The van der Waals surface area contributed by atoms with Crippen LogP contribution >= 0.6 is 11.8 Å². The van der Waals surface area contributed by atoms with E-state index in [0.717, 1.165) is 66.8 Å². The van der Waals surface area contributed by atoms with Gasteiger partial charge in [-0.2, -0.15) is 0 Å². The van der Waals surface area contributed by atoms with E-state index in [1.807, 2.05) is 34.6 Å². The van der Waals surface area contributed by atoms with Crippen molar-refractivity contribution in [3.8, 4) is 0 Å². The second-order valence-electron chi connectivity index (χ2n) is 8.45. The molecule has 3 aromatic heterocycles. The Morgan fingerprint density at radius 2 is 2.15 bits per heavy atom. The molecule has 170 valence electrons. The summed E-state index contributed by atoms with van der Waals surface area (Å²) in [5.41, 5.74) is 8.67. The van der Waals surface area contributed by atoms with Crippen LogP contribution in [-0.4, -0.2) is 39.4 Å². The summed E-state index contributed by atoms with van der Waals surface area (Å²) < 4.78 is 7.39. The standard InChI is InChI=1S/C23H24N6O3S/c1-14-10-19(31)32-18-11-16(2-3-17(14)18)33-23-26-20-21(24)25-12-29(22(20)27-23)9-6-15-4-7-28(13-30)8-5-15/h2-3,10-13,15H,4-9H2,1H3,(H2,24,26,27)/p+1. The number of nitrogens with zero attached hydrogens (tertiary/aromatic N) is 4. The average Bonchev–Trinajstić information content (AvgIpc) is 3.23. The third-order valence-electron chi connectivity index (χ3n) is 6.24. The fourth-order valence-corrected chi connectivity index (χ4v) is 5.15. The molecule has 1 aromatic carbocycles. The van der Waals surface area contributed by atoms with E-state index < -0.39 is 0 Å². The van der Waals surface area contributed by atoms with Crippen LogP contribution in [0.4, 0.5) is 5.82 Å². The number of nitrogens with one attached hydrogen (secondary N) is 1. The molecule has 1 saturated heterocycles. The normalized spacial score (nSPS) is 14.9. The first-order valence-corrected chi connectivity index (χ1v) is 11.8. The van der Waals surface area contributed by atoms with Crippen LogP contribution in [0, 0.1) is 12.8 Å². The molecule has 33 heavy (non-hydrogen) atoms. The minimum atomic E-state index is -0.359. The van der Waals surface area contributed by atoms with Gasteiger partial charge in [-0.15, -0.1) is 0 Å². The maximum atomic E-state index is 11.7. The fraction of sp³-hybridized carbons (Fsp3) is 0.348. The highest BCUT2D eigenvalue weighted by molar-refractivity contribution is 7.99. The third kappa shape index (κ3) is 4.43. The lowest BCUT2D eigenvalue weighted by atomic mass is 9.94. The number of fused-ring (bicyclic) bond motifs is 2. The van der Waals surface area contributed by atoms with Gasteiger partial charge in [-0.1, -0.05) is 9.97 Å². The molecule has 3 N–H and O–H groups in total. The molecule has 0 radical (unpaired) electrons. The molecule has 1 amide bonds. The molecular formula is C23H25N6O3S+. The zero-order chi connectivity index (χ0) is 22.9. The van der Waals surface area contributed by atoms with Crippen LogP contribution in [0.3, 0.4) is 0 Å². The summed E-state index contributed by atoms with van der Waals surface area (Å²) in [5.74, 6) is 0.977. The number of piperidine rings is 1. The van der Waals surface area contributed by atoms with E-state index >= 15 is 0 Å². The van der Waals surface area contributed by atoms with E-state index in [1.54, 1.807) is 6.33 Å². The lowest BCUT2D eigenvalue weighted by molar-refractivity contribution is -0.677. The molecule has 4 aromatic rings. The number of aromatic amines is 1. The van der Waals surface area contributed by atoms with E-state index in [4.69, 9.17) is 15.1 Å². The second kappa shape index (κ2) is 8.86. The molecular weight excluding hydrogens is 440 g/mol. The molecule has 0 aliphatic carbocycles. The quantitative estimate of drug-likeness (QED) is 0.255. The zero-order valence-electron chi connectivity index (χ0n) is 18.3. The van der Waals surface area contributed by atoms with Gasteiger partial charge in [0.15, 0.2) is 5.52 Å². The molecule has 0 saturated carbocycles. The Morgan fingerprint density at radius 1 is 1.33 bits per heavy atom. The third-order valence-corrected chi connectivity index (χ3v) is 7.12. The van der Waals surface area contributed by atoms with Crippen LogP contribution < -0.4 is 15.9 Å². The largest absolute Gasteiger partial charge is 0.423 e.